The molecule has 3 heterocycles. The topological polar surface area (TPSA) is 125 Å². The van der Waals surface area contributed by atoms with Crippen molar-refractivity contribution in [3.05, 3.63) is 71.4 Å². The van der Waals surface area contributed by atoms with Gasteiger partial charge in [0.05, 0.1) is 42.5 Å². The zero-order chi connectivity index (χ0) is 29.1. The van der Waals surface area contributed by atoms with Crippen LogP contribution in [-0.2, 0) is 21.4 Å². The smallest absolute Gasteiger partial charge is 0.257 e. The van der Waals surface area contributed by atoms with Crippen LogP contribution in [0.15, 0.2) is 58.3 Å². The van der Waals surface area contributed by atoms with Crippen molar-refractivity contribution >= 4 is 27.5 Å². The Morgan fingerprint density at radius 1 is 1.12 bits per heavy atom. The summed E-state index contributed by atoms with van der Waals surface area (Å²) in [5, 5.41) is 2.82. The fourth-order valence-electron chi connectivity index (χ4n) is 5.19. The van der Waals surface area contributed by atoms with Crippen LogP contribution in [0, 0.1) is 13.8 Å². The fourth-order valence-corrected chi connectivity index (χ4v) is 7.25. The molecule has 0 unspecified atom stereocenters. The molecule has 0 atom stereocenters. The van der Waals surface area contributed by atoms with Crippen LogP contribution in [0.3, 0.4) is 0 Å². The number of carbonyl (C=O) groups excluding carboxylic acids is 2. The number of amides is 2. The van der Waals surface area contributed by atoms with Crippen molar-refractivity contribution < 1.29 is 27.2 Å². The molecule has 11 nitrogen and oxygen atoms in total. The number of carbonyl (C=O) groups is 2. The molecule has 1 saturated heterocycles. The van der Waals surface area contributed by atoms with Crippen molar-refractivity contribution in [2.45, 2.75) is 44.2 Å². The predicted octanol–water partition coefficient (Wildman–Crippen LogP) is 3.05. The first-order chi connectivity index (χ1) is 19.7. The van der Waals surface area contributed by atoms with Gasteiger partial charge in [0.2, 0.25) is 15.9 Å². The number of piperazine rings is 1. The van der Waals surface area contributed by atoms with Gasteiger partial charge in [-0.25, -0.2) is 8.42 Å². The Kier molecular flexibility index (Phi) is 8.43. The summed E-state index contributed by atoms with van der Waals surface area (Å²) in [6.45, 7) is 5.87. The van der Waals surface area contributed by atoms with Gasteiger partial charge in [0.1, 0.15) is 17.8 Å². The summed E-state index contributed by atoms with van der Waals surface area (Å²) in [6.07, 6.45) is 6.19. The molecule has 2 aliphatic rings. The van der Waals surface area contributed by atoms with E-state index in [1.807, 2.05) is 4.90 Å². The normalized spacial score (nSPS) is 16.1. The van der Waals surface area contributed by atoms with E-state index in [0.717, 1.165) is 12.8 Å². The van der Waals surface area contributed by atoms with Gasteiger partial charge in [-0.15, -0.1) is 0 Å². The summed E-state index contributed by atoms with van der Waals surface area (Å²) in [4.78, 5) is 33.6. The van der Waals surface area contributed by atoms with Crippen LogP contribution >= 0.6 is 0 Å². The SMILES string of the molecule is COc1cc(C)c(S(=O)(=O)N(Cc2cc(C(=O)N3CCN(CC(=O)Nc4cccnc4)CC3)co2)C2CC2)c(C)c1. The molecule has 218 valence electrons. The molecule has 41 heavy (non-hydrogen) atoms. The highest BCUT2D eigenvalue weighted by Crippen LogP contribution is 2.36. The van der Waals surface area contributed by atoms with Crippen molar-refractivity contribution in [2.75, 3.05) is 45.2 Å². The zero-order valence-corrected chi connectivity index (χ0v) is 24.3. The van der Waals surface area contributed by atoms with Gasteiger partial charge in [-0.1, -0.05) is 0 Å². The Bertz CT molecular complexity index is 1490. The molecule has 1 aliphatic carbocycles. The van der Waals surface area contributed by atoms with Gasteiger partial charge in [0, 0.05) is 38.4 Å². The standard InChI is InChI=1S/C29H35N5O6S/c1-20-13-25(39-3)14-21(2)28(20)41(37,38)34(24-6-7-24)17-26-15-22(19-40-26)29(36)33-11-9-32(10-12-33)18-27(35)31-23-5-4-8-30-16-23/h4-5,8,13-16,19,24H,6-7,9-12,17-18H2,1-3H3,(H,31,35). The molecule has 0 radical (unpaired) electrons. The van der Waals surface area contributed by atoms with E-state index in [0.29, 0.717) is 60.1 Å². The predicted molar refractivity (Wildman–Crippen MR) is 152 cm³/mol. The zero-order valence-electron chi connectivity index (χ0n) is 23.5. The van der Waals surface area contributed by atoms with E-state index in [4.69, 9.17) is 9.15 Å². The molecular formula is C29H35N5O6S. The van der Waals surface area contributed by atoms with Crippen LogP contribution in [0.25, 0.3) is 0 Å². The lowest BCUT2D eigenvalue weighted by Crippen LogP contribution is -2.50. The van der Waals surface area contributed by atoms with Crippen LogP contribution in [-0.4, -0.2) is 85.2 Å². The minimum absolute atomic E-state index is 0.0466. The number of aryl methyl sites for hydroxylation is 2. The molecular weight excluding hydrogens is 546 g/mol. The van der Waals surface area contributed by atoms with E-state index in [-0.39, 0.29) is 35.8 Å². The third-order valence-corrected chi connectivity index (χ3v) is 9.58. The minimum atomic E-state index is -3.81. The molecule has 1 aliphatic heterocycles. The largest absolute Gasteiger partial charge is 0.497 e. The summed E-state index contributed by atoms with van der Waals surface area (Å²) in [7, 11) is -2.26. The number of hydrogen-bond donors (Lipinski definition) is 1. The van der Waals surface area contributed by atoms with Gasteiger partial charge < -0.3 is 19.4 Å². The molecule has 2 fully saturated rings. The van der Waals surface area contributed by atoms with E-state index in [2.05, 4.69) is 10.3 Å². The second-order valence-corrected chi connectivity index (χ2v) is 12.4. The van der Waals surface area contributed by atoms with Crippen LogP contribution < -0.4 is 10.1 Å². The Morgan fingerprint density at radius 3 is 2.44 bits per heavy atom. The van der Waals surface area contributed by atoms with Crippen LogP contribution in [0.1, 0.15) is 40.1 Å². The molecule has 5 rings (SSSR count). The number of anilines is 1. The van der Waals surface area contributed by atoms with E-state index < -0.39 is 10.0 Å². The van der Waals surface area contributed by atoms with E-state index in [1.165, 1.54) is 10.6 Å². The summed E-state index contributed by atoms with van der Waals surface area (Å²) in [5.74, 6) is 0.716. The highest BCUT2D eigenvalue weighted by Gasteiger charge is 2.40. The van der Waals surface area contributed by atoms with E-state index >= 15 is 0 Å². The lowest BCUT2D eigenvalue weighted by molar-refractivity contribution is -0.117. The highest BCUT2D eigenvalue weighted by atomic mass is 32.2. The molecule has 1 aromatic carbocycles. The number of furan rings is 1. The first-order valence-electron chi connectivity index (χ1n) is 13.6. The number of nitrogens with one attached hydrogen (secondary N) is 1. The summed E-state index contributed by atoms with van der Waals surface area (Å²) in [5.41, 5.74) is 2.27. The van der Waals surface area contributed by atoms with E-state index in [1.54, 1.807) is 68.6 Å². The third-order valence-electron chi connectivity index (χ3n) is 7.37. The van der Waals surface area contributed by atoms with Crippen molar-refractivity contribution in [3.8, 4) is 5.75 Å². The summed E-state index contributed by atoms with van der Waals surface area (Å²) >= 11 is 0. The van der Waals surface area contributed by atoms with Gasteiger partial charge >= 0.3 is 0 Å². The van der Waals surface area contributed by atoms with Gasteiger partial charge in [-0.05, 0) is 68.1 Å². The number of rotatable bonds is 10. The van der Waals surface area contributed by atoms with Crippen molar-refractivity contribution in [2.24, 2.45) is 0 Å². The van der Waals surface area contributed by atoms with Gasteiger partial charge in [-0.3, -0.25) is 19.5 Å². The number of ether oxygens (including phenoxy) is 1. The maximum Gasteiger partial charge on any atom is 0.257 e. The van der Waals surface area contributed by atoms with Crippen LogP contribution in [0.2, 0.25) is 0 Å². The molecule has 3 aromatic rings. The first-order valence-corrected chi connectivity index (χ1v) is 15.1. The number of nitrogens with zero attached hydrogens (tertiary/aromatic N) is 4. The number of aromatic nitrogens is 1. The molecule has 0 bridgehead atoms. The van der Waals surface area contributed by atoms with Crippen LogP contribution in [0.5, 0.6) is 5.75 Å². The Balaban J connectivity index is 1.20. The number of sulfonamides is 1. The maximum atomic E-state index is 13.8. The Hall–Kier alpha value is -3.74. The molecule has 1 N–H and O–H groups in total. The third kappa shape index (κ3) is 6.61. The molecule has 2 aromatic heterocycles. The van der Waals surface area contributed by atoms with Crippen molar-refractivity contribution in [1.82, 2.24) is 19.1 Å². The van der Waals surface area contributed by atoms with Crippen molar-refractivity contribution in [1.29, 1.82) is 0 Å². The van der Waals surface area contributed by atoms with Gasteiger partial charge in [-0.2, -0.15) is 4.31 Å². The van der Waals surface area contributed by atoms with Gasteiger partial charge in [0.15, 0.2) is 0 Å². The Labute approximate surface area is 240 Å². The number of benzene rings is 1. The summed E-state index contributed by atoms with van der Waals surface area (Å²) in [6, 6.07) is 8.51. The first kappa shape index (κ1) is 28.8. The number of hydrogen-bond acceptors (Lipinski definition) is 8. The lowest BCUT2D eigenvalue weighted by Gasteiger charge is -2.34. The second-order valence-electron chi connectivity index (χ2n) is 10.5. The maximum absolute atomic E-state index is 13.8. The van der Waals surface area contributed by atoms with Gasteiger partial charge in [0.25, 0.3) is 5.91 Å². The molecule has 2 amide bonds. The average Bonchev–Trinajstić information content (AvgIpc) is 3.67. The fraction of sp³-hybridized carbons (Fsp3) is 0.414. The van der Waals surface area contributed by atoms with E-state index in [9.17, 15) is 18.0 Å². The lowest BCUT2D eigenvalue weighted by atomic mass is 10.1. The number of methoxy groups -OCH3 is 1. The second kappa shape index (κ2) is 12.0. The minimum Gasteiger partial charge on any atom is -0.497 e. The van der Waals surface area contributed by atoms with Crippen LogP contribution in [0.4, 0.5) is 5.69 Å². The summed E-state index contributed by atoms with van der Waals surface area (Å²) < 4.78 is 40.1. The number of pyridine rings is 1. The average molecular weight is 582 g/mol. The quantitative estimate of drug-likeness (QED) is 0.387. The molecule has 0 spiro atoms. The monoisotopic (exact) mass is 581 g/mol. The molecule has 1 saturated carbocycles. The Morgan fingerprint density at radius 2 is 1.83 bits per heavy atom. The molecule has 12 heteroatoms. The van der Waals surface area contributed by atoms with Crippen molar-refractivity contribution in [3.63, 3.8) is 0 Å². The highest BCUT2D eigenvalue weighted by molar-refractivity contribution is 7.89.